The van der Waals surface area contributed by atoms with Crippen LogP contribution in [0.3, 0.4) is 0 Å². The van der Waals surface area contributed by atoms with Crippen molar-refractivity contribution in [2.75, 3.05) is 56.5 Å². The average Bonchev–Trinajstić information content (AvgIpc) is 3.32. The molecule has 0 radical (unpaired) electrons. The molecule has 36 heavy (non-hydrogen) atoms. The predicted molar refractivity (Wildman–Crippen MR) is 140 cm³/mol. The van der Waals surface area contributed by atoms with Crippen LogP contribution in [0, 0.1) is 17.2 Å². The second-order valence-electron chi connectivity index (χ2n) is 9.34. The van der Waals surface area contributed by atoms with E-state index < -0.39 is 0 Å². The number of rotatable bonds is 14. The van der Waals surface area contributed by atoms with Gasteiger partial charge in [-0.05, 0) is 62.4 Å². The van der Waals surface area contributed by atoms with Crippen LogP contribution in [-0.2, 0) is 17.6 Å². The van der Waals surface area contributed by atoms with Crippen molar-refractivity contribution in [1.82, 2.24) is 20.2 Å². The molecule has 2 aromatic heterocycles. The van der Waals surface area contributed by atoms with E-state index in [9.17, 15) is 14.9 Å². The quantitative estimate of drug-likeness (QED) is 0.266. The molecule has 4 N–H and O–H groups in total. The Bertz CT molecular complexity index is 1080. The van der Waals surface area contributed by atoms with Gasteiger partial charge in [-0.1, -0.05) is 6.92 Å². The van der Waals surface area contributed by atoms with Crippen molar-refractivity contribution in [2.45, 2.75) is 32.6 Å². The SMILES string of the molecule is CC1CCN(c2cc(Nc3nc(C=O)c(CCN(C)CCNC=O)cc3CCCN)ncc2C#N)C1. The number of anilines is 3. The molecule has 1 atom stereocenters. The van der Waals surface area contributed by atoms with E-state index in [1.54, 1.807) is 6.20 Å². The largest absolute Gasteiger partial charge is 0.370 e. The molecule has 3 rings (SSSR count). The summed E-state index contributed by atoms with van der Waals surface area (Å²) in [5, 5.41) is 15.5. The van der Waals surface area contributed by atoms with Gasteiger partial charge in [0, 0.05) is 45.0 Å². The summed E-state index contributed by atoms with van der Waals surface area (Å²) in [5.41, 5.74) is 9.41. The number of nitrogens with two attached hydrogens (primary N) is 1. The summed E-state index contributed by atoms with van der Waals surface area (Å²) in [5.74, 6) is 1.74. The van der Waals surface area contributed by atoms with Gasteiger partial charge >= 0.3 is 0 Å². The number of nitrogens with zero attached hydrogens (tertiary/aromatic N) is 5. The van der Waals surface area contributed by atoms with Gasteiger partial charge in [0.1, 0.15) is 23.4 Å². The molecular formula is C26H36N8O2. The second kappa shape index (κ2) is 13.5. The molecule has 3 heterocycles. The minimum atomic E-state index is 0.385. The zero-order valence-corrected chi connectivity index (χ0v) is 21.2. The zero-order chi connectivity index (χ0) is 25.9. The molecule has 1 unspecified atom stereocenters. The third-order valence-electron chi connectivity index (χ3n) is 6.47. The maximum Gasteiger partial charge on any atom is 0.207 e. The molecule has 0 spiro atoms. The highest BCUT2D eigenvalue weighted by Crippen LogP contribution is 2.30. The van der Waals surface area contributed by atoms with Crippen LogP contribution in [-0.4, -0.2) is 73.9 Å². The number of aryl methyl sites for hydroxylation is 1. The molecule has 1 fully saturated rings. The summed E-state index contributed by atoms with van der Waals surface area (Å²) < 4.78 is 0. The van der Waals surface area contributed by atoms with Crippen molar-refractivity contribution < 1.29 is 9.59 Å². The van der Waals surface area contributed by atoms with Gasteiger partial charge in [-0.25, -0.2) is 9.97 Å². The van der Waals surface area contributed by atoms with Gasteiger partial charge in [-0.15, -0.1) is 0 Å². The van der Waals surface area contributed by atoms with Crippen LogP contribution in [0.2, 0.25) is 0 Å². The Labute approximate surface area is 212 Å². The number of carbonyl (C=O) groups is 2. The first-order chi connectivity index (χ1) is 17.5. The summed E-state index contributed by atoms with van der Waals surface area (Å²) in [6.07, 6.45) is 6.30. The lowest BCUT2D eigenvalue weighted by Gasteiger charge is -2.21. The molecule has 1 saturated heterocycles. The molecular weight excluding hydrogens is 456 g/mol. The monoisotopic (exact) mass is 492 g/mol. The van der Waals surface area contributed by atoms with Crippen LogP contribution in [0.5, 0.6) is 0 Å². The van der Waals surface area contributed by atoms with Crippen molar-refractivity contribution in [1.29, 1.82) is 5.26 Å². The summed E-state index contributed by atoms with van der Waals surface area (Å²) in [7, 11) is 1.97. The Balaban J connectivity index is 1.85. The Kier molecular flexibility index (Phi) is 10.2. The molecule has 10 heteroatoms. The number of carbonyl (C=O) groups excluding carboxylic acids is 2. The molecule has 10 nitrogen and oxygen atoms in total. The van der Waals surface area contributed by atoms with E-state index >= 15 is 0 Å². The van der Waals surface area contributed by atoms with Gasteiger partial charge in [-0.2, -0.15) is 5.26 Å². The fourth-order valence-electron chi connectivity index (χ4n) is 4.38. The Morgan fingerprint density at radius 3 is 2.78 bits per heavy atom. The standard InChI is InChI=1S/C26H36N8O2/c1-19-5-10-34(16-19)24-13-25(30-15-22(24)14-28)32-26-21(4-3-7-27)12-20(23(17-35)31-26)6-9-33(2)11-8-29-18-36/h12-13,15,17-19H,3-11,16,27H2,1-2H3,(H,29,36)(H,30,31,32). The normalized spacial score (nSPS) is 15.1. The van der Waals surface area contributed by atoms with Gasteiger partial charge in [-0.3, -0.25) is 9.59 Å². The Hall–Kier alpha value is -3.55. The molecule has 0 aliphatic carbocycles. The number of likely N-dealkylation sites (N-methyl/N-ethyl adjacent to an activating group) is 1. The fourth-order valence-corrected chi connectivity index (χ4v) is 4.38. The minimum Gasteiger partial charge on any atom is -0.370 e. The number of amides is 1. The van der Waals surface area contributed by atoms with Crippen LogP contribution in [0.15, 0.2) is 18.3 Å². The van der Waals surface area contributed by atoms with Crippen molar-refractivity contribution in [2.24, 2.45) is 11.7 Å². The third kappa shape index (κ3) is 7.23. The topological polar surface area (TPSA) is 140 Å². The molecule has 0 saturated carbocycles. The summed E-state index contributed by atoms with van der Waals surface area (Å²) in [6, 6.07) is 6.17. The smallest absolute Gasteiger partial charge is 0.207 e. The lowest BCUT2D eigenvalue weighted by atomic mass is 10.0. The molecule has 0 bridgehead atoms. The number of nitriles is 1. The highest BCUT2D eigenvalue weighted by molar-refractivity contribution is 5.77. The number of pyridine rings is 2. The minimum absolute atomic E-state index is 0.385. The van der Waals surface area contributed by atoms with E-state index in [-0.39, 0.29) is 0 Å². The van der Waals surface area contributed by atoms with Gasteiger partial charge in [0.15, 0.2) is 6.29 Å². The highest BCUT2D eigenvalue weighted by atomic mass is 16.1. The van der Waals surface area contributed by atoms with E-state index in [4.69, 9.17) is 5.73 Å². The second-order valence-corrected chi connectivity index (χ2v) is 9.34. The van der Waals surface area contributed by atoms with E-state index in [0.29, 0.717) is 67.7 Å². The van der Waals surface area contributed by atoms with E-state index in [1.165, 1.54) is 0 Å². The maximum atomic E-state index is 11.9. The van der Waals surface area contributed by atoms with Gasteiger partial charge in [0.2, 0.25) is 6.41 Å². The number of aromatic nitrogens is 2. The Morgan fingerprint density at radius 2 is 2.11 bits per heavy atom. The fraction of sp³-hybridized carbons (Fsp3) is 0.500. The van der Waals surface area contributed by atoms with Gasteiger partial charge < -0.3 is 26.2 Å². The van der Waals surface area contributed by atoms with Gasteiger partial charge in [0.05, 0.1) is 11.3 Å². The van der Waals surface area contributed by atoms with E-state index in [0.717, 1.165) is 55.6 Å². The van der Waals surface area contributed by atoms with Crippen molar-refractivity contribution >= 4 is 30.0 Å². The summed E-state index contributed by atoms with van der Waals surface area (Å²) in [4.78, 5) is 35.8. The molecule has 1 aliphatic heterocycles. The first-order valence-corrected chi connectivity index (χ1v) is 12.4. The van der Waals surface area contributed by atoms with Crippen molar-refractivity contribution in [3.63, 3.8) is 0 Å². The molecule has 0 aromatic carbocycles. The number of nitrogens with one attached hydrogen (secondary N) is 2. The van der Waals surface area contributed by atoms with Crippen molar-refractivity contribution in [3.8, 4) is 6.07 Å². The Morgan fingerprint density at radius 1 is 1.28 bits per heavy atom. The predicted octanol–water partition coefficient (Wildman–Crippen LogP) is 1.86. The molecule has 1 amide bonds. The van der Waals surface area contributed by atoms with E-state index in [2.05, 4.69) is 43.4 Å². The zero-order valence-electron chi connectivity index (χ0n) is 21.2. The van der Waals surface area contributed by atoms with Crippen LogP contribution in [0.25, 0.3) is 0 Å². The van der Waals surface area contributed by atoms with Crippen molar-refractivity contribution in [3.05, 3.63) is 40.7 Å². The van der Waals surface area contributed by atoms with E-state index in [1.807, 2.05) is 19.2 Å². The number of hydrogen-bond acceptors (Lipinski definition) is 9. The molecule has 1 aliphatic rings. The summed E-state index contributed by atoms with van der Waals surface area (Å²) >= 11 is 0. The van der Waals surface area contributed by atoms with Gasteiger partial charge in [0.25, 0.3) is 0 Å². The first-order valence-electron chi connectivity index (χ1n) is 12.4. The maximum absolute atomic E-state index is 11.9. The van der Waals surface area contributed by atoms with Crippen LogP contribution in [0.4, 0.5) is 17.3 Å². The lowest BCUT2D eigenvalue weighted by molar-refractivity contribution is -0.109. The van der Waals surface area contributed by atoms with Crippen LogP contribution < -0.4 is 21.3 Å². The average molecular weight is 493 g/mol. The number of aldehydes is 1. The molecule has 192 valence electrons. The first kappa shape index (κ1) is 27.0. The highest BCUT2D eigenvalue weighted by Gasteiger charge is 2.22. The van der Waals surface area contributed by atoms with Crippen LogP contribution >= 0.6 is 0 Å². The molecule has 2 aromatic rings. The third-order valence-corrected chi connectivity index (χ3v) is 6.47. The lowest BCUT2D eigenvalue weighted by Crippen LogP contribution is -2.30. The van der Waals surface area contributed by atoms with Crippen LogP contribution in [0.1, 0.15) is 46.9 Å². The summed E-state index contributed by atoms with van der Waals surface area (Å²) in [6.45, 7) is 6.57. The number of hydrogen-bond donors (Lipinski definition) is 3.